The number of aliphatic hydroxyl groups is 1. The van der Waals surface area contributed by atoms with E-state index in [1.165, 1.54) is 6.92 Å². The zero-order valence-corrected chi connectivity index (χ0v) is 12.2. The lowest BCUT2D eigenvalue weighted by Gasteiger charge is -2.17. The number of aliphatic hydroxyl groups excluding tert-OH is 1. The molecule has 1 atom stereocenters. The van der Waals surface area contributed by atoms with Crippen LogP contribution in [0.4, 0.5) is 0 Å². The van der Waals surface area contributed by atoms with Crippen LogP contribution in [0.3, 0.4) is 0 Å². The minimum atomic E-state index is -1.01. The topological polar surface area (TPSA) is 72.8 Å². The molecule has 1 N–H and O–H groups in total. The Morgan fingerprint density at radius 2 is 1.74 bits per heavy atom. The summed E-state index contributed by atoms with van der Waals surface area (Å²) in [4.78, 5) is 22.4. The Bertz CT molecular complexity index is 327. The Labute approximate surface area is 114 Å². The van der Waals surface area contributed by atoms with Gasteiger partial charge < -0.3 is 14.6 Å². The van der Waals surface area contributed by atoms with E-state index in [0.29, 0.717) is 12.8 Å². The molecule has 0 bridgehead atoms. The van der Waals surface area contributed by atoms with Crippen LogP contribution < -0.4 is 0 Å². The lowest BCUT2D eigenvalue weighted by Crippen LogP contribution is -2.25. The van der Waals surface area contributed by atoms with Crippen LogP contribution in [0.15, 0.2) is 12.2 Å². The maximum atomic E-state index is 11.4. The number of esters is 2. The van der Waals surface area contributed by atoms with E-state index in [-0.39, 0.29) is 30.2 Å². The molecule has 0 heterocycles. The third kappa shape index (κ3) is 10.3. The van der Waals surface area contributed by atoms with Gasteiger partial charge in [0.05, 0.1) is 0 Å². The highest BCUT2D eigenvalue weighted by atomic mass is 16.6. The predicted molar refractivity (Wildman–Crippen MR) is 71.4 cm³/mol. The molecule has 0 aromatic carbocycles. The molecule has 0 aromatic heterocycles. The monoisotopic (exact) mass is 272 g/mol. The summed E-state index contributed by atoms with van der Waals surface area (Å²) in [7, 11) is 0. The van der Waals surface area contributed by atoms with Gasteiger partial charge in [0.1, 0.15) is 19.3 Å². The van der Waals surface area contributed by atoms with Gasteiger partial charge in [-0.15, -0.1) is 0 Å². The molecule has 0 aromatic rings. The second-order valence-corrected chi connectivity index (χ2v) is 5.78. The minimum absolute atomic E-state index is 0.0641. The fourth-order valence-electron chi connectivity index (χ4n) is 1.08. The lowest BCUT2D eigenvalue weighted by molar-refractivity contribution is -0.150. The Hall–Kier alpha value is -1.36. The molecule has 5 heteroatoms. The minimum Gasteiger partial charge on any atom is -0.463 e. The van der Waals surface area contributed by atoms with Gasteiger partial charge in [-0.3, -0.25) is 4.79 Å². The smallest absolute Gasteiger partial charge is 0.333 e. The molecule has 0 rings (SSSR count). The van der Waals surface area contributed by atoms with Crippen LogP contribution in [0.5, 0.6) is 0 Å². The van der Waals surface area contributed by atoms with Crippen LogP contribution in [0.1, 0.15) is 40.5 Å². The molecule has 110 valence electrons. The Morgan fingerprint density at radius 1 is 1.21 bits per heavy atom. The first-order valence-electron chi connectivity index (χ1n) is 6.28. The molecular weight excluding hydrogens is 248 g/mol. The quantitative estimate of drug-likeness (QED) is 0.565. The second kappa shape index (κ2) is 7.94. The van der Waals surface area contributed by atoms with Crippen molar-refractivity contribution in [2.75, 3.05) is 13.2 Å². The van der Waals surface area contributed by atoms with Gasteiger partial charge in [-0.25, -0.2) is 4.79 Å². The van der Waals surface area contributed by atoms with Gasteiger partial charge in [-0.2, -0.15) is 0 Å². The summed E-state index contributed by atoms with van der Waals surface area (Å²) in [6, 6.07) is 0. The maximum Gasteiger partial charge on any atom is 0.333 e. The number of carbonyl (C=O) groups excluding carboxylic acids is 2. The molecule has 0 radical (unpaired) electrons. The number of carbonyl (C=O) groups is 2. The molecule has 0 aliphatic carbocycles. The lowest BCUT2D eigenvalue weighted by atomic mass is 9.91. The summed E-state index contributed by atoms with van der Waals surface area (Å²) in [5.74, 6) is -0.932. The number of ether oxygens (including phenoxy) is 2. The van der Waals surface area contributed by atoms with Crippen LogP contribution in [-0.2, 0) is 19.1 Å². The molecule has 19 heavy (non-hydrogen) atoms. The first-order chi connectivity index (χ1) is 8.61. The number of hydrogen-bond donors (Lipinski definition) is 1. The molecular formula is C14H24O5. The van der Waals surface area contributed by atoms with E-state index in [2.05, 4.69) is 6.58 Å². The van der Waals surface area contributed by atoms with E-state index in [4.69, 9.17) is 9.47 Å². The van der Waals surface area contributed by atoms with Gasteiger partial charge in [0.25, 0.3) is 0 Å². The van der Waals surface area contributed by atoms with Crippen molar-refractivity contribution in [3.8, 4) is 0 Å². The second-order valence-electron chi connectivity index (χ2n) is 5.78. The third-order valence-corrected chi connectivity index (χ3v) is 2.27. The van der Waals surface area contributed by atoms with Gasteiger partial charge >= 0.3 is 11.9 Å². The van der Waals surface area contributed by atoms with Crippen LogP contribution in [-0.4, -0.2) is 36.4 Å². The van der Waals surface area contributed by atoms with Crippen LogP contribution in [0.2, 0.25) is 0 Å². The van der Waals surface area contributed by atoms with Crippen LogP contribution in [0.25, 0.3) is 0 Å². The standard InChI is InChI=1S/C14H24O5/c1-10(2)13(17)19-9-11(15)8-18-12(16)6-7-14(3,4)5/h11,15H,1,6-9H2,2-5H3. The van der Waals surface area contributed by atoms with Gasteiger partial charge in [0.15, 0.2) is 0 Å². The van der Waals surface area contributed by atoms with E-state index in [9.17, 15) is 14.7 Å². The molecule has 5 nitrogen and oxygen atoms in total. The van der Waals surface area contributed by atoms with Crippen molar-refractivity contribution < 1.29 is 24.2 Å². The van der Waals surface area contributed by atoms with E-state index < -0.39 is 12.1 Å². The first kappa shape index (κ1) is 17.6. The maximum absolute atomic E-state index is 11.4. The zero-order valence-electron chi connectivity index (χ0n) is 12.2. The Kier molecular flexibility index (Phi) is 7.37. The zero-order chi connectivity index (χ0) is 15.1. The van der Waals surface area contributed by atoms with E-state index in [1.54, 1.807) is 0 Å². The van der Waals surface area contributed by atoms with Gasteiger partial charge in [0.2, 0.25) is 0 Å². The number of hydrogen-bond acceptors (Lipinski definition) is 5. The molecule has 0 spiro atoms. The fraction of sp³-hybridized carbons (Fsp3) is 0.714. The summed E-state index contributed by atoms with van der Waals surface area (Å²) in [5, 5.41) is 9.47. The van der Waals surface area contributed by atoms with Gasteiger partial charge in [-0.1, -0.05) is 27.4 Å². The summed E-state index contributed by atoms with van der Waals surface area (Å²) in [5.41, 5.74) is 0.323. The van der Waals surface area contributed by atoms with E-state index >= 15 is 0 Å². The molecule has 1 unspecified atom stereocenters. The van der Waals surface area contributed by atoms with Crippen LogP contribution >= 0.6 is 0 Å². The Balaban J connectivity index is 3.78. The van der Waals surface area contributed by atoms with Crippen molar-refractivity contribution in [3.05, 3.63) is 12.2 Å². The summed E-state index contributed by atoms with van der Waals surface area (Å²) in [6.45, 7) is 10.6. The van der Waals surface area contributed by atoms with E-state index in [0.717, 1.165) is 0 Å². The van der Waals surface area contributed by atoms with Crippen LogP contribution in [0, 0.1) is 5.41 Å². The molecule has 0 saturated carbocycles. The van der Waals surface area contributed by atoms with Crippen molar-refractivity contribution in [3.63, 3.8) is 0 Å². The van der Waals surface area contributed by atoms with Gasteiger partial charge in [-0.05, 0) is 18.8 Å². The average molecular weight is 272 g/mol. The van der Waals surface area contributed by atoms with Gasteiger partial charge in [0, 0.05) is 12.0 Å². The van der Waals surface area contributed by atoms with Crippen molar-refractivity contribution in [2.45, 2.75) is 46.6 Å². The molecule has 0 fully saturated rings. The Morgan fingerprint density at radius 3 is 2.21 bits per heavy atom. The third-order valence-electron chi connectivity index (χ3n) is 2.27. The fourth-order valence-corrected chi connectivity index (χ4v) is 1.08. The van der Waals surface area contributed by atoms with Crippen molar-refractivity contribution in [2.24, 2.45) is 5.41 Å². The molecule has 0 aliphatic heterocycles. The predicted octanol–water partition coefficient (Wildman–Crippen LogP) is 1.84. The van der Waals surface area contributed by atoms with Crippen molar-refractivity contribution in [1.29, 1.82) is 0 Å². The highest BCUT2D eigenvalue weighted by molar-refractivity contribution is 5.86. The average Bonchev–Trinajstić information content (AvgIpc) is 2.29. The molecule has 0 aliphatic rings. The van der Waals surface area contributed by atoms with Crippen molar-refractivity contribution >= 4 is 11.9 Å². The molecule has 0 amide bonds. The normalized spacial score (nSPS) is 12.7. The highest BCUT2D eigenvalue weighted by Gasteiger charge is 2.15. The van der Waals surface area contributed by atoms with E-state index in [1.807, 2.05) is 20.8 Å². The molecule has 0 saturated heterocycles. The highest BCUT2D eigenvalue weighted by Crippen LogP contribution is 2.20. The SMILES string of the molecule is C=C(C)C(=O)OCC(O)COC(=O)CCC(C)(C)C. The summed E-state index contributed by atoms with van der Waals surface area (Å²) in [6.07, 6.45) is 0.0100. The number of rotatable bonds is 7. The summed E-state index contributed by atoms with van der Waals surface area (Å²) < 4.78 is 9.62. The first-order valence-corrected chi connectivity index (χ1v) is 6.28. The van der Waals surface area contributed by atoms with Crippen molar-refractivity contribution in [1.82, 2.24) is 0 Å². The largest absolute Gasteiger partial charge is 0.463 e. The summed E-state index contributed by atoms with van der Waals surface area (Å²) >= 11 is 0.